The first kappa shape index (κ1) is 23.1. The Balaban J connectivity index is 1.71. The highest BCUT2D eigenvalue weighted by Crippen LogP contribution is 2.43. The van der Waals surface area contributed by atoms with E-state index < -0.39 is 44.5 Å². The summed E-state index contributed by atoms with van der Waals surface area (Å²) < 4.78 is 72.8. The molecule has 2 aromatic rings. The van der Waals surface area contributed by atoms with Gasteiger partial charge in [-0.1, -0.05) is 6.07 Å². The quantitative estimate of drug-likeness (QED) is 0.639. The van der Waals surface area contributed by atoms with Crippen LogP contribution in [0, 0.1) is 5.82 Å². The first-order valence-electron chi connectivity index (χ1n) is 9.89. The second kappa shape index (κ2) is 8.37. The minimum Gasteiger partial charge on any atom is -0.378 e. The maximum atomic E-state index is 15.0. The van der Waals surface area contributed by atoms with E-state index in [1.807, 2.05) is 0 Å². The Morgan fingerprint density at radius 3 is 2.76 bits per heavy atom. The first-order valence-corrected chi connectivity index (χ1v) is 11.4. The van der Waals surface area contributed by atoms with Crippen LogP contribution in [-0.2, 0) is 26.7 Å². The van der Waals surface area contributed by atoms with Gasteiger partial charge in [-0.05, 0) is 24.1 Å². The summed E-state index contributed by atoms with van der Waals surface area (Å²) >= 11 is 0. The molecule has 1 aromatic carbocycles. The number of hydrogen-bond acceptors (Lipinski definition) is 8. The second-order valence-electron chi connectivity index (χ2n) is 7.78. The van der Waals surface area contributed by atoms with E-state index in [0.717, 1.165) is 22.8 Å². The molecular weight excluding hydrogens is 463 g/mol. The third kappa shape index (κ3) is 3.95. The number of nitrogens with zero attached hydrogens (tertiary/aromatic N) is 4. The van der Waals surface area contributed by atoms with E-state index in [2.05, 4.69) is 15.0 Å². The van der Waals surface area contributed by atoms with Crippen LogP contribution < -0.4 is 5.73 Å². The van der Waals surface area contributed by atoms with Crippen molar-refractivity contribution in [3.63, 3.8) is 0 Å². The fourth-order valence-electron chi connectivity index (χ4n) is 4.04. The van der Waals surface area contributed by atoms with Crippen LogP contribution in [0.2, 0.25) is 0 Å². The normalized spacial score (nSPS) is 24.3. The topological polar surface area (TPSA) is 128 Å². The second-order valence-corrected chi connectivity index (χ2v) is 9.92. The summed E-state index contributed by atoms with van der Waals surface area (Å²) in [6.07, 6.45) is -1.21. The number of alkyl halides is 2. The number of nitrogens with two attached hydrogens (primary N) is 1. The minimum atomic E-state index is -3.94. The van der Waals surface area contributed by atoms with Crippen LogP contribution in [0.3, 0.4) is 0 Å². The number of rotatable bonds is 5. The molecule has 0 spiro atoms. The fraction of sp³-hybridized carbons (Fsp3) is 0.400. The molecule has 2 aliphatic rings. The van der Waals surface area contributed by atoms with E-state index in [9.17, 15) is 22.0 Å². The lowest BCUT2D eigenvalue weighted by Crippen LogP contribution is -2.61. The highest BCUT2D eigenvalue weighted by Gasteiger charge is 2.56. The van der Waals surface area contributed by atoms with Gasteiger partial charge in [0.15, 0.2) is 5.78 Å². The number of halogens is 3. The third-order valence-corrected chi connectivity index (χ3v) is 8.10. The number of carbonyl (C=O) groups is 1. The Bertz CT molecular complexity index is 1220. The fourth-order valence-corrected chi connectivity index (χ4v) is 5.86. The summed E-state index contributed by atoms with van der Waals surface area (Å²) in [5.74, 6) is -1.56. The van der Waals surface area contributed by atoms with Crippen molar-refractivity contribution in [1.82, 2.24) is 14.3 Å². The van der Waals surface area contributed by atoms with Crippen LogP contribution >= 0.6 is 0 Å². The Morgan fingerprint density at radius 2 is 2.09 bits per heavy atom. The predicted octanol–water partition coefficient (Wildman–Crippen LogP) is 1.55. The van der Waals surface area contributed by atoms with Crippen LogP contribution in [0.5, 0.6) is 0 Å². The number of hydrogen-bond donors (Lipinski definition) is 1. The van der Waals surface area contributed by atoms with Gasteiger partial charge in [-0.3, -0.25) is 9.78 Å². The van der Waals surface area contributed by atoms with Gasteiger partial charge in [-0.15, -0.1) is 0 Å². The van der Waals surface area contributed by atoms with Crippen molar-refractivity contribution in [2.75, 3.05) is 20.3 Å². The number of guanidine groups is 1. The molecule has 3 heterocycles. The van der Waals surface area contributed by atoms with E-state index in [1.165, 1.54) is 19.2 Å². The average molecular weight is 483 g/mol. The molecule has 0 amide bonds. The first-order chi connectivity index (χ1) is 15.6. The Hall–Kier alpha value is -3.06. The van der Waals surface area contributed by atoms with Crippen molar-refractivity contribution in [3.05, 3.63) is 58.9 Å². The van der Waals surface area contributed by atoms with Gasteiger partial charge >= 0.3 is 0 Å². The number of benzene rings is 1. The molecule has 1 unspecified atom stereocenters. The van der Waals surface area contributed by atoms with E-state index >= 15 is 4.39 Å². The molecule has 1 saturated heterocycles. The van der Waals surface area contributed by atoms with E-state index in [-0.39, 0.29) is 43.3 Å². The Kier molecular flexibility index (Phi) is 5.86. The number of aliphatic imine (C=N–C) groups is 1. The largest absolute Gasteiger partial charge is 0.378 e. The van der Waals surface area contributed by atoms with Crippen LogP contribution in [0.1, 0.15) is 40.2 Å². The van der Waals surface area contributed by atoms with Crippen LogP contribution in [0.4, 0.5) is 13.2 Å². The molecule has 33 heavy (non-hydrogen) atoms. The van der Waals surface area contributed by atoms with Gasteiger partial charge in [0.1, 0.15) is 28.0 Å². The molecule has 9 nitrogen and oxygen atoms in total. The number of carbonyl (C=O) groups excluding carboxylic acids is 1. The van der Waals surface area contributed by atoms with Crippen molar-refractivity contribution in [2.24, 2.45) is 10.7 Å². The van der Waals surface area contributed by atoms with Crippen molar-refractivity contribution >= 4 is 21.8 Å². The van der Waals surface area contributed by atoms with Crippen LogP contribution in [0.15, 0.2) is 35.6 Å². The molecule has 0 aliphatic carbocycles. The lowest BCUT2D eigenvalue weighted by molar-refractivity contribution is 0.0360. The SMILES string of the molecule is CN1C(N)=N[C@@]2(c3cc(CC(=O)c4cnc(C(F)F)cn4)ccc3F)COCCC2S1(=O)=O. The zero-order valence-electron chi connectivity index (χ0n) is 17.4. The van der Waals surface area contributed by atoms with Gasteiger partial charge in [0, 0.05) is 25.6 Å². The summed E-state index contributed by atoms with van der Waals surface area (Å²) in [5, 5.41) is -1.11. The summed E-state index contributed by atoms with van der Waals surface area (Å²) in [6.45, 7) is -0.0533. The zero-order chi connectivity index (χ0) is 24.0. The number of ether oxygens (including phenoxy) is 1. The number of sulfonamides is 1. The number of ketones is 1. The molecular formula is C20H20F3N5O4S. The smallest absolute Gasteiger partial charge is 0.281 e. The molecule has 0 bridgehead atoms. The van der Waals surface area contributed by atoms with Crippen molar-refractivity contribution in [2.45, 2.75) is 30.1 Å². The predicted molar refractivity (Wildman–Crippen MR) is 111 cm³/mol. The monoisotopic (exact) mass is 483 g/mol. The van der Waals surface area contributed by atoms with Crippen molar-refractivity contribution in [3.8, 4) is 0 Å². The maximum Gasteiger partial charge on any atom is 0.281 e. The zero-order valence-corrected chi connectivity index (χ0v) is 18.2. The molecule has 1 fully saturated rings. The van der Waals surface area contributed by atoms with Crippen molar-refractivity contribution < 1.29 is 31.1 Å². The lowest BCUT2D eigenvalue weighted by atomic mass is 9.83. The Morgan fingerprint density at radius 1 is 1.33 bits per heavy atom. The van der Waals surface area contributed by atoms with Crippen LogP contribution in [-0.4, -0.2) is 59.9 Å². The van der Waals surface area contributed by atoms with Gasteiger partial charge in [0.05, 0.1) is 19.0 Å². The van der Waals surface area contributed by atoms with Gasteiger partial charge in [-0.25, -0.2) is 35.9 Å². The summed E-state index contributed by atoms with van der Waals surface area (Å²) in [6, 6.07) is 3.83. The summed E-state index contributed by atoms with van der Waals surface area (Å²) in [4.78, 5) is 24.2. The van der Waals surface area contributed by atoms with E-state index in [0.29, 0.717) is 5.56 Å². The average Bonchev–Trinajstić information content (AvgIpc) is 2.79. The lowest BCUT2D eigenvalue weighted by Gasteiger charge is -2.45. The number of fused-ring (bicyclic) bond motifs is 1. The van der Waals surface area contributed by atoms with Gasteiger partial charge in [0.2, 0.25) is 16.0 Å². The molecule has 2 aliphatic heterocycles. The summed E-state index contributed by atoms with van der Waals surface area (Å²) in [7, 11) is -2.66. The molecule has 2 atom stereocenters. The highest BCUT2D eigenvalue weighted by molar-refractivity contribution is 7.90. The molecule has 0 saturated carbocycles. The van der Waals surface area contributed by atoms with Crippen LogP contribution in [0.25, 0.3) is 0 Å². The standard InChI is InChI=1S/C20H20F3N5O4S/c1-28-19(24)27-20(10-32-5-4-17(20)33(28,30)31)12-6-11(2-3-13(12)21)7-16(29)14-8-26-15(9-25-14)18(22)23/h2-3,6,8-9,17-18H,4-5,7,10H2,1H3,(H2,24,27)/t17?,20-/m1/s1. The molecule has 2 N–H and O–H groups in total. The third-order valence-electron chi connectivity index (χ3n) is 5.80. The Labute approximate surface area is 187 Å². The maximum absolute atomic E-state index is 15.0. The number of aromatic nitrogens is 2. The van der Waals surface area contributed by atoms with E-state index in [4.69, 9.17) is 10.5 Å². The molecule has 13 heteroatoms. The summed E-state index contributed by atoms with van der Waals surface area (Å²) in [5.41, 5.74) is 3.84. The molecule has 0 radical (unpaired) electrons. The molecule has 1 aromatic heterocycles. The van der Waals surface area contributed by atoms with Gasteiger partial charge in [0.25, 0.3) is 6.43 Å². The minimum absolute atomic E-state index is 0.0590. The van der Waals surface area contributed by atoms with Gasteiger partial charge in [-0.2, -0.15) is 0 Å². The van der Waals surface area contributed by atoms with Crippen molar-refractivity contribution in [1.29, 1.82) is 0 Å². The van der Waals surface area contributed by atoms with E-state index in [1.54, 1.807) is 0 Å². The highest BCUT2D eigenvalue weighted by atomic mass is 32.2. The molecule has 176 valence electrons. The number of Topliss-reactive ketones (excluding diaryl/α,β-unsaturated/α-hetero) is 1. The molecule has 4 rings (SSSR count). The van der Waals surface area contributed by atoms with Gasteiger partial charge < -0.3 is 10.5 Å².